The molecule has 1 heterocycles. The molecule has 1 aromatic carbocycles. The Balaban J connectivity index is 2.20. The van der Waals surface area contributed by atoms with Crippen LogP contribution in [-0.4, -0.2) is 35.0 Å². The summed E-state index contributed by atoms with van der Waals surface area (Å²) in [4.78, 5) is 26.0. The average Bonchev–Trinajstić information content (AvgIpc) is 2.46. The Bertz CT molecular complexity index is 523. The molecule has 0 bridgehead atoms. The number of likely N-dealkylation sites (tertiary alicyclic amines) is 1. The van der Waals surface area contributed by atoms with Crippen molar-refractivity contribution in [1.82, 2.24) is 4.90 Å². The molecule has 0 atom stereocenters. The molecular formula is C17H23NO3. The maximum atomic E-state index is 12.3. The van der Waals surface area contributed by atoms with Gasteiger partial charge in [-0.25, -0.2) is 0 Å². The van der Waals surface area contributed by atoms with E-state index in [9.17, 15) is 14.7 Å². The van der Waals surface area contributed by atoms with Crippen LogP contribution in [0.4, 0.5) is 0 Å². The molecule has 1 N–H and O–H groups in total. The van der Waals surface area contributed by atoms with E-state index in [0.717, 1.165) is 5.56 Å². The van der Waals surface area contributed by atoms with Gasteiger partial charge in [0, 0.05) is 18.5 Å². The van der Waals surface area contributed by atoms with Gasteiger partial charge in [0.05, 0.1) is 5.41 Å². The highest BCUT2D eigenvalue weighted by molar-refractivity contribution is 5.84. The first-order valence-corrected chi connectivity index (χ1v) is 7.36. The first-order chi connectivity index (χ1) is 9.77. The molecule has 4 nitrogen and oxygen atoms in total. The minimum atomic E-state index is -0.865. The van der Waals surface area contributed by atoms with Crippen LogP contribution in [0.3, 0.4) is 0 Å². The van der Waals surface area contributed by atoms with Crippen LogP contribution in [-0.2, 0) is 15.0 Å². The zero-order valence-corrected chi connectivity index (χ0v) is 12.9. The molecule has 1 fully saturated rings. The van der Waals surface area contributed by atoms with E-state index >= 15 is 0 Å². The average molecular weight is 289 g/mol. The van der Waals surface area contributed by atoms with E-state index in [1.807, 2.05) is 51.1 Å². The van der Waals surface area contributed by atoms with E-state index in [0.29, 0.717) is 25.9 Å². The lowest BCUT2D eigenvalue weighted by molar-refractivity contribution is -0.150. The molecule has 0 radical (unpaired) electrons. The predicted molar refractivity (Wildman–Crippen MR) is 81.0 cm³/mol. The Hall–Kier alpha value is -1.84. The van der Waals surface area contributed by atoms with Gasteiger partial charge < -0.3 is 10.0 Å². The summed E-state index contributed by atoms with van der Waals surface area (Å²) in [5, 5.41) is 9.72. The van der Waals surface area contributed by atoms with Gasteiger partial charge in [-0.3, -0.25) is 9.59 Å². The van der Waals surface area contributed by atoms with E-state index in [-0.39, 0.29) is 5.91 Å². The second kappa shape index (κ2) is 5.51. The van der Waals surface area contributed by atoms with Crippen molar-refractivity contribution in [3.05, 3.63) is 35.9 Å². The topological polar surface area (TPSA) is 57.6 Å². The van der Waals surface area contributed by atoms with Gasteiger partial charge in [-0.05, 0) is 18.4 Å². The maximum absolute atomic E-state index is 12.3. The molecule has 0 aromatic heterocycles. The molecule has 0 spiro atoms. The highest BCUT2D eigenvalue weighted by Gasteiger charge is 2.44. The second-order valence-electron chi connectivity index (χ2n) is 6.80. The number of amides is 1. The number of hydrogen-bond donors (Lipinski definition) is 1. The number of carboxylic acids is 1. The van der Waals surface area contributed by atoms with Gasteiger partial charge >= 0.3 is 5.97 Å². The van der Waals surface area contributed by atoms with Gasteiger partial charge in [-0.2, -0.15) is 0 Å². The highest BCUT2D eigenvalue weighted by Crippen LogP contribution is 2.36. The molecule has 1 aromatic rings. The summed E-state index contributed by atoms with van der Waals surface area (Å²) in [5.41, 5.74) is -0.452. The largest absolute Gasteiger partial charge is 0.481 e. The highest BCUT2D eigenvalue weighted by atomic mass is 16.4. The Morgan fingerprint density at radius 3 is 2.05 bits per heavy atom. The molecule has 1 amide bonds. The summed E-state index contributed by atoms with van der Waals surface area (Å²) in [6.45, 7) is 6.68. The smallest absolute Gasteiger partial charge is 0.314 e. The number of piperidine rings is 1. The Morgan fingerprint density at radius 2 is 1.62 bits per heavy atom. The van der Waals surface area contributed by atoms with Crippen molar-refractivity contribution in [1.29, 1.82) is 0 Å². The molecule has 1 aliphatic heterocycles. The number of aliphatic carboxylic acids is 1. The van der Waals surface area contributed by atoms with Crippen LogP contribution < -0.4 is 0 Å². The Labute approximate surface area is 125 Å². The third kappa shape index (κ3) is 2.94. The SMILES string of the molecule is CC(C)(C)C(=O)N1CCC(C(=O)O)(c2ccccc2)CC1. The van der Waals surface area contributed by atoms with E-state index in [2.05, 4.69) is 0 Å². The summed E-state index contributed by atoms with van der Waals surface area (Å²) >= 11 is 0. The number of carbonyl (C=O) groups is 2. The van der Waals surface area contributed by atoms with Crippen molar-refractivity contribution in [3.63, 3.8) is 0 Å². The van der Waals surface area contributed by atoms with E-state index < -0.39 is 16.8 Å². The monoisotopic (exact) mass is 289 g/mol. The normalized spacial score (nSPS) is 18.3. The van der Waals surface area contributed by atoms with Crippen molar-refractivity contribution in [2.75, 3.05) is 13.1 Å². The molecule has 1 saturated heterocycles. The van der Waals surface area contributed by atoms with Gasteiger partial charge in [0.1, 0.15) is 0 Å². The van der Waals surface area contributed by atoms with Gasteiger partial charge in [0.25, 0.3) is 0 Å². The van der Waals surface area contributed by atoms with Crippen molar-refractivity contribution in [2.45, 2.75) is 39.0 Å². The van der Waals surface area contributed by atoms with Crippen LogP contribution >= 0.6 is 0 Å². The van der Waals surface area contributed by atoms with Crippen LogP contribution in [0, 0.1) is 5.41 Å². The molecule has 21 heavy (non-hydrogen) atoms. The van der Waals surface area contributed by atoms with E-state index in [4.69, 9.17) is 0 Å². The summed E-state index contributed by atoms with van der Waals surface area (Å²) in [5.74, 6) is -0.703. The number of hydrogen-bond acceptors (Lipinski definition) is 2. The number of carbonyl (C=O) groups excluding carboxylic acids is 1. The predicted octanol–water partition coefficient (Wildman–Crippen LogP) is 2.68. The van der Waals surface area contributed by atoms with Gasteiger partial charge in [-0.15, -0.1) is 0 Å². The molecule has 0 saturated carbocycles. The third-order valence-electron chi connectivity index (χ3n) is 4.28. The zero-order valence-electron chi connectivity index (χ0n) is 12.9. The van der Waals surface area contributed by atoms with Crippen molar-refractivity contribution in [2.24, 2.45) is 5.41 Å². The summed E-state index contributed by atoms with van der Waals surface area (Å²) in [7, 11) is 0. The first-order valence-electron chi connectivity index (χ1n) is 7.36. The van der Waals surface area contributed by atoms with Crippen LogP contribution in [0.5, 0.6) is 0 Å². The van der Waals surface area contributed by atoms with Crippen molar-refractivity contribution in [3.8, 4) is 0 Å². The lowest BCUT2D eigenvalue weighted by Crippen LogP contribution is -2.51. The maximum Gasteiger partial charge on any atom is 0.314 e. The minimum Gasteiger partial charge on any atom is -0.481 e. The number of rotatable bonds is 2. The fraction of sp³-hybridized carbons (Fsp3) is 0.529. The van der Waals surface area contributed by atoms with Gasteiger partial charge in [-0.1, -0.05) is 51.1 Å². The Morgan fingerprint density at radius 1 is 1.10 bits per heavy atom. The van der Waals surface area contributed by atoms with Gasteiger partial charge in [0.2, 0.25) is 5.91 Å². The van der Waals surface area contributed by atoms with E-state index in [1.54, 1.807) is 4.90 Å². The second-order valence-corrected chi connectivity index (χ2v) is 6.80. The number of carboxylic acid groups (broad SMARTS) is 1. The minimum absolute atomic E-state index is 0.0922. The number of benzene rings is 1. The fourth-order valence-corrected chi connectivity index (χ4v) is 2.95. The lowest BCUT2D eigenvalue weighted by atomic mass is 9.72. The molecule has 0 unspecified atom stereocenters. The standard InChI is InChI=1S/C17H23NO3/c1-16(2,3)14(19)18-11-9-17(10-12-18,15(20)21)13-7-5-4-6-8-13/h4-8H,9-12H2,1-3H3,(H,20,21). The van der Waals surface area contributed by atoms with Crippen molar-refractivity contribution >= 4 is 11.9 Å². The molecule has 0 aliphatic carbocycles. The van der Waals surface area contributed by atoms with Crippen LogP contribution in [0.25, 0.3) is 0 Å². The number of nitrogens with zero attached hydrogens (tertiary/aromatic N) is 1. The molecule has 1 aliphatic rings. The van der Waals surface area contributed by atoms with Crippen LogP contribution in [0.1, 0.15) is 39.2 Å². The van der Waals surface area contributed by atoms with Crippen LogP contribution in [0.2, 0.25) is 0 Å². The quantitative estimate of drug-likeness (QED) is 0.910. The fourth-order valence-electron chi connectivity index (χ4n) is 2.95. The zero-order chi connectivity index (χ0) is 15.7. The molecule has 2 rings (SSSR count). The summed E-state index contributed by atoms with van der Waals surface area (Å²) < 4.78 is 0. The van der Waals surface area contributed by atoms with E-state index in [1.165, 1.54) is 0 Å². The first kappa shape index (κ1) is 15.5. The molecule has 4 heteroatoms. The summed E-state index contributed by atoms with van der Waals surface area (Å²) in [6.07, 6.45) is 0.933. The molecule has 114 valence electrons. The Kier molecular flexibility index (Phi) is 4.08. The van der Waals surface area contributed by atoms with Gasteiger partial charge in [0.15, 0.2) is 0 Å². The summed E-state index contributed by atoms with van der Waals surface area (Å²) in [6, 6.07) is 9.36. The van der Waals surface area contributed by atoms with Crippen molar-refractivity contribution < 1.29 is 14.7 Å². The lowest BCUT2D eigenvalue weighted by Gasteiger charge is -2.41. The van der Waals surface area contributed by atoms with Crippen LogP contribution in [0.15, 0.2) is 30.3 Å². The molecular weight excluding hydrogens is 266 g/mol. The third-order valence-corrected chi connectivity index (χ3v) is 4.28.